The molecule has 1 N–H and O–H groups in total. The van der Waals surface area contributed by atoms with Gasteiger partial charge in [-0.05, 0) is 37.1 Å². The second-order valence-electron chi connectivity index (χ2n) is 5.37. The average molecular weight is 287 g/mol. The molecule has 0 aliphatic carbocycles. The Balaban J connectivity index is 1.99. The number of nitro benzene ring substituents is 1. The Morgan fingerprint density at radius 3 is 3.05 bits per heavy atom. The number of pyridine rings is 1. The first-order valence-electron chi connectivity index (χ1n) is 7.06. The monoisotopic (exact) mass is 287 g/mol. The van der Waals surface area contributed by atoms with Crippen LogP contribution in [0.1, 0.15) is 13.3 Å². The minimum Gasteiger partial charge on any atom is -0.487 e. The summed E-state index contributed by atoms with van der Waals surface area (Å²) in [4.78, 5) is 15.0. The third-order valence-electron chi connectivity index (χ3n) is 3.94. The molecule has 110 valence electrons. The summed E-state index contributed by atoms with van der Waals surface area (Å²) in [5.41, 5.74) is 0.602. The fourth-order valence-electron chi connectivity index (χ4n) is 2.67. The van der Waals surface area contributed by atoms with Crippen molar-refractivity contribution in [1.29, 1.82) is 0 Å². The maximum Gasteiger partial charge on any atom is 0.279 e. The van der Waals surface area contributed by atoms with E-state index in [1.807, 2.05) is 0 Å². The van der Waals surface area contributed by atoms with Crippen molar-refractivity contribution < 1.29 is 9.66 Å². The van der Waals surface area contributed by atoms with Crippen molar-refractivity contribution in [3.8, 4) is 5.75 Å². The van der Waals surface area contributed by atoms with Gasteiger partial charge in [-0.3, -0.25) is 15.1 Å². The molecule has 0 spiro atoms. The fourth-order valence-corrected chi connectivity index (χ4v) is 2.67. The van der Waals surface area contributed by atoms with Crippen molar-refractivity contribution in [1.82, 2.24) is 10.3 Å². The molecule has 2 atom stereocenters. The van der Waals surface area contributed by atoms with Crippen LogP contribution in [0.25, 0.3) is 10.9 Å². The molecule has 1 saturated heterocycles. The number of non-ortho nitro benzene ring substituents is 1. The molecule has 1 aliphatic rings. The highest BCUT2D eigenvalue weighted by atomic mass is 16.6. The molecule has 1 aromatic heterocycles. The van der Waals surface area contributed by atoms with E-state index >= 15 is 0 Å². The van der Waals surface area contributed by atoms with Crippen molar-refractivity contribution in [3.63, 3.8) is 0 Å². The maximum atomic E-state index is 11.1. The lowest BCUT2D eigenvalue weighted by Gasteiger charge is -2.30. The first-order chi connectivity index (χ1) is 10.2. The number of hydrogen-bond donors (Lipinski definition) is 1. The molecule has 6 heteroatoms. The molecular formula is C15H17N3O3. The zero-order valence-corrected chi connectivity index (χ0v) is 11.8. The second kappa shape index (κ2) is 5.65. The van der Waals surface area contributed by atoms with Gasteiger partial charge in [-0.15, -0.1) is 0 Å². The van der Waals surface area contributed by atoms with Gasteiger partial charge in [-0.2, -0.15) is 0 Å². The highest BCUT2D eigenvalue weighted by molar-refractivity contribution is 5.92. The molecule has 1 aliphatic heterocycles. The van der Waals surface area contributed by atoms with Gasteiger partial charge in [0.1, 0.15) is 17.4 Å². The lowest BCUT2D eigenvalue weighted by atomic mass is 9.97. The highest BCUT2D eigenvalue weighted by Crippen LogP contribution is 2.32. The highest BCUT2D eigenvalue weighted by Gasteiger charge is 2.24. The second-order valence-corrected chi connectivity index (χ2v) is 5.37. The summed E-state index contributed by atoms with van der Waals surface area (Å²) in [7, 11) is 0. The predicted molar refractivity (Wildman–Crippen MR) is 79.5 cm³/mol. The van der Waals surface area contributed by atoms with Crippen LogP contribution in [0.3, 0.4) is 0 Å². The minimum absolute atomic E-state index is 0.0558. The standard InChI is InChI=1S/C15H17N3O3/c1-10-6-8-16-9-14(10)21-13-5-4-12(18(19)20)11-3-2-7-17-15(11)13/h2-5,7,10,14,16H,6,8-9H2,1H3. The van der Waals surface area contributed by atoms with E-state index in [-0.39, 0.29) is 11.8 Å². The van der Waals surface area contributed by atoms with Crippen molar-refractivity contribution in [3.05, 3.63) is 40.6 Å². The van der Waals surface area contributed by atoms with E-state index < -0.39 is 4.92 Å². The Bertz CT molecular complexity index is 674. The molecular weight excluding hydrogens is 270 g/mol. The van der Waals surface area contributed by atoms with Crippen molar-refractivity contribution in [2.24, 2.45) is 5.92 Å². The van der Waals surface area contributed by atoms with Gasteiger partial charge in [0, 0.05) is 18.8 Å². The molecule has 1 aromatic carbocycles. The summed E-state index contributed by atoms with van der Waals surface area (Å²) in [5.74, 6) is 1.05. The summed E-state index contributed by atoms with van der Waals surface area (Å²) in [6.07, 6.45) is 2.75. The molecule has 2 aromatic rings. The summed E-state index contributed by atoms with van der Waals surface area (Å²) in [6.45, 7) is 3.94. The number of hydrogen-bond acceptors (Lipinski definition) is 5. The smallest absolute Gasteiger partial charge is 0.279 e. The summed E-state index contributed by atoms with van der Waals surface area (Å²) >= 11 is 0. The molecule has 1 fully saturated rings. The van der Waals surface area contributed by atoms with Crippen LogP contribution in [0.15, 0.2) is 30.5 Å². The van der Waals surface area contributed by atoms with Crippen LogP contribution in [0.4, 0.5) is 5.69 Å². The number of fused-ring (bicyclic) bond motifs is 1. The average Bonchev–Trinajstić information content (AvgIpc) is 2.49. The number of ether oxygens (including phenoxy) is 1. The van der Waals surface area contributed by atoms with Gasteiger partial charge in [-0.25, -0.2) is 0 Å². The SMILES string of the molecule is CC1CCNCC1Oc1ccc([N+](=O)[O-])c2cccnc12. The predicted octanol–water partition coefficient (Wildman–Crippen LogP) is 2.52. The Labute approximate surface area is 122 Å². The summed E-state index contributed by atoms with van der Waals surface area (Å²) in [5, 5.41) is 14.9. The van der Waals surface area contributed by atoms with Gasteiger partial charge in [0.2, 0.25) is 0 Å². The molecule has 0 amide bonds. The number of benzene rings is 1. The van der Waals surface area contributed by atoms with Crippen LogP contribution in [0.2, 0.25) is 0 Å². The van der Waals surface area contributed by atoms with E-state index in [0.29, 0.717) is 22.6 Å². The lowest BCUT2D eigenvalue weighted by Crippen LogP contribution is -2.42. The van der Waals surface area contributed by atoms with Gasteiger partial charge in [-0.1, -0.05) is 6.92 Å². The first kappa shape index (κ1) is 13.8. The lowest BCUT2D eigenvalue weighted by molar-refractivity contribution is -0.383. The van der Waals surface area contributed by atoms with E-state index in [1.54, 1.807) is 24.4 Å². The normalized spacial score (nSPS) is 22.1. The van der Waals surface area contributed by atoms with Gasteiger partial charge in [0.15, 0.2) is 0 Å². The Hall–Kier alpha value is -2.21. The van der Waals surface area contributed by atoms with E-state index in [4.69, 9.17) is 4.74 Å². The largest absolute Gasteiger partial charge is 0.487 e. The molecule has 0 bridgehead atoms. The third-order valence-corrected chi connectivity index (χ3v) is 3.94. The van der Waals surface area contributed by atoms with Crippen LogP contribution >= 0.6 is 0 Å². The van der Waals surface area contributed by atoms with E-state index in [9.17, 15) is 10.1 Å². The zero-order valence-electron chi connectivity index (χ0n) is 11.8. The van der Waals surface area contributed by atoms with Crippen LogP contribution < -0.4 is 10.1 Å². The quantitative estimate of drug-likeness (QED) is 0.693. The Kier molecular flexibility index (Phi) is 3.70. The fraction of sp³-hybridized carbons (Fsp3) is 0.400. The number of piperidine rings is 1. The molecule has 3 rings (SSSR count). The molecule has 21 heavy (non-hydrogen) atoms. The van der Waals surface area contributed by atoms with Crippen molar-refractivity contribution in [2.75, 3.05) is 13.1 Å². The number of aromatic nitrogens is 1. The third kappa shape index (κ3) is 2.67. The maximum absolute atomic E-state index is 11.1. The van der Waals surface area contributed by atoms with E-state index in [0.717, 1.165) is 19.5 Å². The van der Waals surface area contributed by atoms with Gasteiger partial charge >= 0.3 is 0 Å². The first-order valence-corrected chi connectivity index (χ1v) is 7.06. The zero-order chi connectivity index (χ0) is 14.8. The molecule has 2 heterocycles. The number of rotatable bonds is 3. The minimum atomic E-state index is -0.390. The number of nitro groups is 1. The van der Waals surface area contributed by atoms with Crippen LogP contribution in [-0.4, -0.2) is 29.1 Å². The summed E-state index contributed by atoms with van der Waals surface area (Å²) in [6, 6.07) is 6.54. The van der Waals surface area contributed by atoms with Crippen molar-refractivity contribution >= 4 is 16.6 Å². The summed E-state index contributed by atoms with van der Waals surface area (Å²) < 4.78 is 6.07. The van der Waals surface area contributed by atoms with Gasteiger partial charge < -0.3 is 10.1 Å². The molecule has 0 saturated carbocycles. The van der Waals surface area contributed by atoms with E-state index in [2.05, 4.69) is 17.2 Å². The van der Waals surface area contributed by atoms with Crippen LogP contribution in [-0.2, 0) is 0 Å². The van der Waals surface area contributed by atoms with Crippen LogP contribution in [0, 0.1) is 16.0 Å². The van der Waals surface area contributed by atoms with Crippen LogP contribution in [0.5, 0.6) is 5.75 Å². The molecule has 0 radical (unpaired) electrons. The molecule has 2 unspecified atom stereocenters. The number of nitrogens with zero attached hydrogens (tertiary/aromatic N) is 2. The topological polar surface area (TPSA) is 77.3 Å². The van der Waals surface area contributed by atoms with E-state index in [1.165, 1.54) is 6.07 Å². The Morgan fingerprint density at radius 1 is 1.43 bits per heavy atom. The number of nitrogens with one attached hydrogen (secondary N) is 1. The van der Waals surface area contributed by atoms with Gasteiger partial charge in [0.25, 0.3) is 5.69 Å². The van der Waals surface area contributed by atoms with Gasteiger partial charge in [0.05, 0.1) is 10.3 Å². The van der Waals surface area contributed by atoms with Crippen molar-refractivity contribution in [2.45, 2.75) is 19.4 Å². The Morgan fingerprint density at radius 2 is 2.29 bits per heavy atom. The molecule has 6 nitrogen and oxygen atoms in total.